The van der Waals surface area contributed by atoms with Crippen molar-refractivity contribution in [3.63, 3.8) is 0 Å². The third-order valence-electron chi connectivity index (χ3n) is 7.50. The van der Waals surface area contributed by atoms with E-state index in [1.807, 2.05) is 42.6 Å². The zero-order valence-electron chi connectivity index (χ0n) is 20.9. The Balaban J connectivity index is 0.990. The van der Waals surface area contributed by atoms with Crippen LogP contribution in [0.2, 0.25) is 0 Å². The number of likely N-dealkylation sites (tertiary alicyclic amines) is 1. The van der Waals surface area contributed by atoms with Gasteiger partial charge >= 0.3 is 0 Å². The summed E-state index contributed by atoms with van der Waals surface area (Å²) in [5.41, 5.74) is 4.43. The Hall–Kier alpha value is -3.38. The van der Waals surface area contributed by atoms with Crippen molar-refractivity contribution in [2.45, 2.75) is 45.1 Å². The van der Waals surface area contributed by atoms with Crippen LogP contribution in [0.25, 0.3) is 5.69 Å². The van der Waals surface area contributed by atoms with Gasteiger partial charge in [-0.2, -0.15) is 0 Å². The van der Waals surface area contributed by atoms with Gasteiger partial charge in [-0.25, -0.2) is 0 Å². The van der Waals surface area contributed by atoms with Crippen molar-refractivity contribution in [1.29, 1.82) is 0 Å². The van der Waals surface area contributed by atoms with E-state index in [0.29, 0.717) is 13.1 Å². The number of amides is 2. The van der Waals surface area contributed by atoms with Crippen molar-refractivity contribution >= 4 is 17.5 Å². The summed E-state index contributed by atoms with van der Waals surface area (Å²) in [5, 5.41) is 3.01. The number of anilines is 1. The van der Waals surface area contributed by atoms with Crippen LogP contribution in [-0.4, -0.2) is 47.5 Å². The van der Waals surface area contributed by atoms with Crippen LogP contribution in [0.15, 0.2) is 72.9 Å². The molecule has 3 heterocycles. The smallest absolute Gasteiger partial charge is 0.227 e. The van der Waals surface area contributed by atoms with Crippen LogP contribution in [0.3, 0.4) is 0 Å². The maximum absolute atomic E-state index is 13.0. The van der Waals surface area contributed by atoms with E-state index in [1.165, 1.54) is 24.8 Å². The van der Waals surface area contributed by atoms with Gasteiger partial charge < -0.3 is 19.7 Å². The third-order valence-corrected chi connectivity index (χ3v) is 7.50. The van der Waals surface area contributed by atoms with Crippen LogP contribution in [0.4, 0.5) is 5.69 Å². The highest BCUT2D eigenvalue weighted by molar-refractivity contribution is 5.97. The summed E-state index contributed by atoms with van der Waals surface area (Å²) < 4.78 is 2.12. The molecule has 6 nitrogen and oxygen atoms in total. The minimum absolute atomic E-state index is 0.0107. The maximum Gasteiger partial charge on any atom is 0.227 e. The molecule has 3 aromatic rings. The lowest BCUT2D eigenvalue weighted by molar-refractivity contribution is -0.125. The second-order valence-electron chi connectivity index (χ2n) is 10.0. The summed E-state index contributed by atoms with van der Waals surface area (Å²) >= 11 is 0. The van der Waals surface area contributed by atoms with E-state index < -0.39 is 0 Å². The SMILES string of the molecule is O=C(CCC(=O)N1Cc2cccn2-c2ccccc21)NCCCN1CCC(Cc2ccccc2)CC1. The summed E-state index contributed by atoms with van der Waals surface area (Å²) in [5.74, 6) is 0.721. The number of aromatic nitrogens is 1. The number of hydrogen-bond donors (Lipinski definition) is 1. The molecule has 6 heteroatoms. The topological polar surface area (TPSA) is 57.6 Å². The quantitative estimate of drug-likeness (QED) is 0.453. The van der Waals surface area contributed by atoms with Crippen LogP contribution in [-0.2, 0) is 22.6 Å². The Morgan fingerprint density at radius 1 is 0.861 bits per heavy atom. The van der Waals surface area contributed by atoms with Gasteiger partial charge in [-0.3, -0.25) is 9.59 Å². The molecule has 0 atom stereocenters. The molecule has 0 unspecified atom stereocenters. The molecule has 2 aromatic carbocycles. The first kappa shape index (κ1) is 24.3. The molecule has 5 rings (SSSR count). The van der Waals surface area contributed by atoms with Crippen molar-refractivity contribution in [2.24, 2.45) is 5.92 Å². The zero-order chi connectivity index (χ0) is 24.7. The van der Waals surface area contributed by atoms with E-state index in [9.17, 15) is 9.59 Å². The van der Waals surface area contributed by atoms with Gasteiger partial charge in [0.2, 0.25) is 11.8 Å². The molecule has 0 bridgehead atoms. The van der Waals surface area contributed by atoms with E-state index >= 15 is 0 Å². The largest absolute Gasteiger partial charge is 0.356 e. The number of fused-ring (bicyclic) bond motifs is 3. The number of nitrogens with zero attached hydrogens (tertiary/aromatic N) is 3. The Bertz CT molecular complexity index is 1160. The number of benzene rings is 2. The predicted molar refractivity (Wildman–Crippen MR) is 143 cm³/mol. The van der Waals surface area contributed by atoms with Crippen LogP contribution < -0.4 is 10.2 Å². The minimum atomic E-state index is -0.0430. The first-order valence-corrected chi connectivity index (χ1v) is 13.3. The van der Waals surface area contributed by atoms with Gasteiger partial charge in [-0.05, 0) is 81.1 Å². The summed E-state index contributed by atoms with van der Waals surface area (Å²) in [6, 6.07) is 22.8. The van der Waals surface area contributed by atoms with E-state index in [1.54, 1.807) is 4.90 Å². The number of carbonyl (C=O) groups is 2. The standard InChI is InChI=1S/C30H36N4O2/c35-29(31-17-7-18-32-20-15-25(16-21-32)22-24-8-2-1-3-9-24)13-14-30(36)34-23-26-10-6-19-33(26)27-11-4-5-12-28(27)34/h1-6,8-12,19,25H,7,13-18,20-23H2,(H,31,35). The van der Waals surface area contributed by atoms with Crippen molar-refractivity contribution < 1.29 is 9.59 Å². The highest BCUT2D eigenvalue weighted by atomic mass is 16.2. The minimum Gasteiger partial charge on any atom is -0.356 e. The Labute approximate surface area is 213 Å². The number of rotatable bonds is 9. The second kappa shape index (κ2) is 11.6. The lowest BCUT2D eigenvalue weighted by Crippen LogP contribution is -2.37. The van der Waals surface area contributed by atoms with E-state index in [2.05, 4.69) is 45.1 Å². The van der Waals surface area contributed by atoms with Gasteiger partial charge in [0.1, 0.15) is 0 Å². The fourth-order valence-corrected chi connectivity index (χ4v) is 5.48. The Morgan fingerprint density at radius 3 is 2.42 bits per heavy atom. The Kier molecular flexibility index (Phi) is 7.82. The predicted octanol–water partition coefficient (Wildman–Crippen LogP) is 4.57. The van der Waals surface area contributed by atoms with E-state index in [-0.39, 0.29) is 24.7 Å². The molecule has 0 spiro atoms. The molecule has 188 valence electrons. The average molecular weight is 485 g/mol. The summed E-state index contributed by atoms with van der Waals surface area (Å²) in [7, 11) is 0. The summed E-state index contributed by atoms with van der Waals surface area (Å²) in [6.07, 6.45) is 7.08. The lowest BCUT2D eigenvalue weighted by atomic mass is 9.90. The molecule has 0 aliphatic carbocycles. The number of nitrogens with one attached hydrogen (secondary N) is 1. The second-order valence-corrected chi connectivity index (χ2v) is 10.0. The zero-order valence-corrected chi connectivity index (χ0v) is 20.9. The number of carbonyl (C=O) groups excluding carboxylic acids is 2. The molecule has 2 aliphatic heterocycles. The van der Waals surface area contributed by atoms with Crippen LogP contribution in [0.5, 0.6) is 0 Å². The first-order valence-electron chi connectivity index (χ1n) is 13.3. The molecular weight excluding hydrogens is 448 g/mol. The van der Waals surface area contributed by atoms with Gasteiger partial charge in [0.15, 0.2) is 0 Å². The number of para-hydroxylation sites is 2. The van der Waals surface area contributed by atoms with E-state index in [4.69, 9.17) is 0 Å². The first-order chi connectivity index (χ1) is 17.7. The number of piperidine rings is 1. The lowest BCUT2D eigenvalue weighted by Gasteiger charge is -2.32. The monoisotopic (exact) mass is 484 g/mol. The highest BCUT2D eigenvalue weighted by Gasteiger charge is 2.26. The highest BCUT2D eigenvalue weighted by Crippen LogP contribution is 2.32. The fraction of sp³-hybridized carbons (Fsp3) is 0.400. The normalized spacial score (nSPS) is 15.8. The molecule has 0 radical (unpaired) electrons. The maximum atomic E-state index is 13.0. The van der Waals surface area contributed by atoms with Gasteiger partial charge in [0, 0.05) is 31.3 Å². The fourth-order valence-electron chi connectivity index (χ4n) is 5.48. The molecule has 1 aromatic heterocycles. The van der Waals surface area contributed by atoms with Crippen LogP contribution in [0, 0.1) is 5.92 Å². The molecule has 1 fully saturated rings. The molecule has 1 N–H and O–H groups in total. The molecule has 1 saturated heterocycles. The average Bonchev–Trinajstić information content (AvgIpc) is 3.40. The van der Waals surface area contributed by atoms with Gasteiger partial charge in [-0.15, -0.1) is 0 Å². The van der Waals surface area contributed by atoms with Crippen molar-refractivity contribution in [2.75, 3.05) is 31.1 Å². The van der Waals surface area contributed by atoms with Crippen LogP contribution >= 0.6 is 0 Å². The van der Waals surface area contributed by atoms with Gasteiger partial charge in [-0.1, -0.05) is 42.5 Å². The molecule has 0 saturated carbocycles. The van der Waals surface area contributed by atoms with Crippen molar-refractivity contribution in [1.82, 2.24) is 14.8 Å². The number of hydrogen-bond acceptors (Lipinski definition) is 3. The molecule has 36 heavy (non-hydrogen) atoms. The Morgan fingerprint density at radius 2 is 1.61 bits per heavy atom. The van der Waals surface area contributed by atoms with Gasteiger partial charge in [0.25, 0.3) is 0 Å². The third kappa shape index (κ3) is 5.88. The summed E-state index contributed by atoms with van der Waals surface area (Å²) in [6.45, 7) is 4.49. The van der Waals surface area contributed by atoms with E-state index in [0.717, 1.165) is 49.0 Å². The molecular formula is C30H36N4O2. The molecule has 2 amide bonds. The van der Waals surface area contributed by atoms with Gasteiger partial charge in [0.05, 0.1) is 17.9 Å². The molecule has 2 aliphatic rings. The summed E-state index contributed by atoms with van der Waals surface area (Å²) in [4.78, 5) is 29.7. The van der Waals surface area contributed by atoms with Crippen molar-refractivity contribution in [3.05, 3.63) is 84.2 Å². The van der Waals surface area contributed by atoms with Crippen LogP contribution in [0.1, 0.15) is 43.4 Å². The van der Waals surface area contributed by atoms with Crippen molar-refractivity contribution in [3.8, 4) is 5.69 Å².